The van der Waals surface area contributed by atoms with Crippen LogP contribution in [-0.2, 0) is 25.9 Å². The highest BCUT2D eigenvalue weighted by Crippen LogP contribution is 2.30. The molecule has 20 heavy (non-hydrogen) atoms. The third kappa shape index (κ3) is 2.58. The normalized spacial score (nSPS) is 15.0. The van der Waals surface area contributed by atoms with Crippen LogP contribution in [0.25, 0.3) is 0 Å². The number of benzene rings is 1. The van der Waals surface area contributed by atoms with Gasteiger partial charge in [0.1, 0.15) is 0 Å². The number of nitrogens with zero attached hydrogens (tertiary/aromatic N) is 2. The molecule has 0 saturated heterocycles. The van der Waals surface area contributed by atoms with Gasteiger partial charge in [0, 0.05) is 24.5 Å². The van der Waals surface area contributed by atoms with E-state index in [2.05, 4.69) is 36.1 Å². The fraction of sp³-hybridized carbons (Fsp3) is 0.438. The van der Waals surface area contributed by atoms with Crippen LogP contribution in [0.15, 0.2) is 24.3 Å². The third-order valence-electron chi connectivity index (χ3n) is 3.91. The van der Waals surface area contributed by atoms with E-state index < -0.39 is 0 Å². The zero-order valence-electron chi connectivity index (χ0n) is 11.9. The molecule has 0 unspecified atom stereocenters. The van der Waals surface area contributed by atoms with Gasteiger partial charge >= 0.3 is 0 Å². The predicted octanol–water partition coefficient (Wildman–Crippen LogP) is 3.12. The molecule has 0 radical (unpaired) electrons. The second-order valence-electron chi connectivity index (χ2n) is 5.22. The Balaban J connectivity index is 1.89. The van der Waals surface area contributed by atoms with Crippen molar-refractivity contribution < 1.29 is 0 Å². The first-order chi connectivity index (χ1) is 9.81. The molecular weight excluding hydrogens is 266 g/mol. The maximum atomic E-state index is 5.83. The maximum Gasteiger partial charge on any atom is 0.186 e. The Bertz CT molecular complexity index is 570. The minimum atomic E-state index is 0.602. The van der Waals surface area contributed by atoms with Crippen molar-refractivity contribution in [1.29, 1.82) is 0 Å². The SMILES string of the molecule is CCc1nc(N2CCCc3ccccc3C2)sc1CN. The van der Waals surface area contributed by atoms with Crippen LogP contribution in [-0.4, -0.2) is 11.5 Å². The zero-order chi connectivity index (χ0) is 13.9. The molecule has 0 bridgehead atoms. The molecule has 3 nitrogen and oxygen atoms in total. The van der Waals surface area contributed by atoms with Crippen molar-refractivity contribution in [3.8, 4) is 0 Å². The van der Waals surface area contributed by atoms with Crippen LogP contribution < -0.4 is 10.6 Å². The van der Waals surface area contributed by atoms with Crippen LogP contribution in [0.3, 0.4) is 0 Å². The van der Waals surface area contributed by atoms with Gasteiger partial charge in [-0.1, -0.05) is 31.2 Å². The molecule has 0 spiro atoms. The first-order valence-electron chi connectivity index (χ1n) is 7.32. The molecule has 0 amide bonds. The van der Waals surface area contributed by atoms with Crippen LogP contribution >= 0.6 is 11.3 Å². The van der Waals surface area contributed by atoms with E-state index in [4.69, 9.17) is 10.7 Å². The molecule has 3 rings (SSSR count). The van der Waals surface area contributed by atoms with Crippen LogP contribution in [0, 0.1) is 0 Å². The highest BCUT2D eigenvalue weighted by atomic mass is 32.1. The Morgan fingerprint density at radius 2 is 2.10 bits per heavy atom. The lowest BCUT2D eigenvalue weighted by molar-refractivity contribution is 0.760. The van der Waals surface area contributed by atoms with Crippen molar-refractivity contribution in [3.63, 3.8) is 0 Å². The van der Waals surface area contributed by atoms with Gasteiger partial charge in [-0.25, -0.2) is 4.98 Å². The number of hydrogen-bond donors (Lipinski definition) is 1. The lowest BCUT2D eigenvalue weighted by Crippen LogP contribution is -2.22. The molecule has 1 aliphatic heterocycles. The van der Waals surface area contributed by atoms with Gasteiger partial charge in [0.15, 0.2) is 5.13 Å². The molecule has 2 heterocycles. The summed E-state index contributed by atoms with van der Waals surface area (Å²) in [7, 11) is 0. The Kier molecular flexibility index (Phi) is 4.03. The van der Waals surface area contributed by atoms with Gasteiger partial charge in [-0.05, 0) is 30.4 Å². The van der Waals surface area contributed by atoms with E-state index in [0.29, 0.717) is 6.54 Å². The number of aromatic nitrogens is 1. The number of rotatable bonds is 3. The Morgan fingerprint density at radius 3 is 2.80 bits per heavy atom. The Hall–Kier alpha value is -1.39. The summed E-state index contributed by atoms with van der Waals surface area (Å²) in [6.45, 7) is 4.80. The molecule has 1 aromatic carbocycles. The molecule has 0 saturated carbocycles. The Labute approximate surface area is 124 Å². The summed E-state index contributed by atoms with van der Waals surface area (Å²) in [6, 6.07) is 8.77. The van der Waals surface area contributed by atoms with Crippen molar-refractivity contribution >= 4 is 16.5 Å². The molecule has 106 valence electrons. The number of anilines is 1. The summed E-state index contributed by atoms with van der Waals surface area (Å²) in [4.78, 5) is 8.45. The topological polar surface area (TPSA) is 42.2 Å². The lowest BCUT2D eigenvalue weighted by Gasteiger charge is -2.19. The quantitative estimate of drug-likeness (QED) is 0.943. The average molecular weight is 287 g/mol. The van der Waals surface area contributed by atoms with Crippen molar-refractivity contribution in [1.82, 2.24) is 4.98 Å². The van der Waals surface area contributed by atoms with Crippen molar-refractivity contribution in [3.05, 3.63) is 46.0 Å². The largest absolute Gasteiger partial charge is 0.344 e. The fourth-order valence-electron chi connectivity index (χ4n) is 2.80. The summed E-state index contributed by atoms with van der Waals surface area (Å²) in [5.41, 5.74) is 9.92. The summed E-state index contributed by atoms with van der Waals surface area (Å²) in [6.07, 6.45) is 3.33. The molecule has 1 aliphatic rings. The van der Waals surface area contributed by atoms with Crippen LogP contribution in [0.5, 0.6) is 0 Å². The molecule has 0 atom stereocenters. The monoisotopic (exact) mass is 287 g/mol. The molecule has 2 N–H and O–H groups in total. The van der Waals surface area contributed by atoms with Crippen molar-refractivity contribution in [2.24, 2.45) is 5.73 Å². The van der Waals surface area contributed by atoms with E-state index >= 15 is 0 Å². The van der Waals surface area contributed by atoms with Gasteiger partial charge in [0.2, 0.25) is 0 Å². The van der Waals surface area contributed by atoms with Gasteiger partial charge in [-0.3, -0.25) is 0 Å². The van der Waals surface area contributed by atoms with Crippen molar-refractivity contribution in [2.75, 3.05) is 11.4 Å². The molecule has 0 fully saturated rings. The number of thiazole rings is 1. The lowest BCUT2D eigenvalue weighted by atomic mass is 10.0. The molecule has 0 aliphatic carbocycles. The molecule has 1 aromatic heterocycles. The van der Waals surface area contributed by atoms with Gasteiger partial charge in [-0.2, -0.15) is 0 Å². The molecule has 2 aromatic rings. The number of hydrogen-bond acceptors (Lipinski definition) is 4. The van der Waals surface area contributed by atoms with E-state index in [1.165, 1.54) is 34.5 Å². The van der Waals surface area contributed by atoms with E-state index in [1.807, 2.05) is 0 Å². The van der Waals surface area contributed by atoms with Crippen molar-refractivity contribution in [2.45, 2.75) is 39.3 Å². The fourth-order valence-corrected chi connectivity index (χ4v) is 3.86. The van der Waals surface area contributed by atoms with Crippen LogP contribution in [0.1, 0.15) is 35.0 Å². The standard InChI is InChI=1S/C16H21N3S/c1-2-14-15(10-17)20-16(18-14)19-9-5-8-12-6-3-4-7-13(12)11-19/h3-4,6-7H,2,5,8-11,17H2,1H3. The predicted molar refractivity (Wildman–Crippen MR) is 85.2 cm³/mol. The summed E-state index contributed by atoms with van der Waals surface area (Å²) < 4.78 is 0. The van der Waals surface area contributed by atoms with Gasteiger partial charge < -0.3 is 10.6 Å². The van der Waals surface area contributed by atoms with Crippen LogP contribution in [0.4, 0.5) is 5.13 Å². The van der Waals surface area contributed by atoms with Gasteiger partial charge in [-0.15, -0.1) is 11.3 Å². The van der Waals surface area contributed by atoms with Crippen LogP contribution in [0.2, 0.25) is 0 Å². The van der Waals surface area contributed by atoms with Gasteiger partial charge in [0.25, 0.3) is 0 Å². The minimum absolute atomic E-state index is 0.602. The number of aryl methyl sites for hydroxylation is 2. The zero-order valence-corrected chi connectivity index (χ0v) is 12.7. The third-order valence-corrected chi connectivity index (χ3v) is 5.09. The average Bonchev–Trinajstić information content (AvgIpc) is 2.79. The first kappa shape index (κ1) is 13.6. The highest BCUT2D eigenvalue weighted by molar-refractivity contribution is 7.15. The second kappa shape index (κ2) is 5.94. The first-order valence-corrected chi connectivity index (χ1v) is 8.13. The minimum Gasteiger partial charge on any atom is -0.344 e. The molecule has 4 heteroatoms. The van der Waals surface area contributed by atoms with Gasteiger partial charge in [0.05, 0.1) is 5.69 Å². The second-order valence-corrected chi connectivity index (χ2v) is 6.28. The van der Waals surface area contributed by atoms with E-state index in [0.717, 1.165) is 24.6 Å². The number of nitrogens with two attached hydrogens (primary N) is 1. The summed E-state index contributed by atoms with van der Waals surface area (Å²) in [5, 5.41) is 1.14. The maximum absolute atomic E-state index is 5.83. The van der Waals surface area contributed by atoms with E-state index in [1.54, 1.807) is 11.3 Å². The molecular formula is C16H21N3S. The van der Waals surface area contributed by atoms with E-state index in [-0.39, 0.29) is 0 Å². The number of fused-ring (bicyclic) bond motifs is 1. The summed E-state index contributed by atoms with van der Waals surface area (Å²) in [5.74, 6) is 0. The Morgan fingerprint density at radius 1 is 1.30 bits per heavy atom. The van der Waals surface area contributed by atoms with E-state index in [9.17, 15) is 0 Å². The smallest absolute Gasteiger partial charge is 0.186 e. The highest BCUT2D eigenvalue weighted by Gasteiger charge is 2.18. The summed E-state index contributed by atoms with van der Waals surface area (Å²) >= 11 is 1.76.